The van der Waals surface area contributed by atoms with E-state index < -0.39 is 9.84 Å². The molecule has 5 heteroatoms. The second-order valence-electron chi connectivity index (χ2n) is 4.13. The number of sulfone groups is 1. The Bertz CT molecular complexity index is 403. The van der Waals surface area contributed by atoms with Gasteiger partial charge in [0.1, 0.15) is 0 Å². The van der Waals surface area contributed by atoms with Crippen LogP contribution < -0.4 is 5.32 Å². The van der Waals surface area contributed by atoms with Crippen LogP contribution in [0.2, 0.25) is 0 Å². The summed E-state index contributed by atoms with van der Waals surface area (Å²) in [5.74, 6) is 0. The molecule has 0 bridgehead atoms. The van der Waals surface area contributed by atoms with Gasteiger partial charge in [-0.1, -0.05) is 12.8 Å². The lowest BCUT2D eigenvalue weighted by Crippen LogP contribution is -2.33. The quantitative estimate of drug-likeness (QED) is 0.789. The molecular weight excluding hydrogens is 212 g/mol. The largest absolute Gasteiger partial charge is 0.308 e. The Kier molecular flexibility index (Phi) is 2.93. The van der Waals surface area contributed by atoms with Crippen LogP contribution in [0, 0.1) is 0 Å². The summed E-state index contributed by atoms with van der Waals surface area (Å²) in [7, 11) is -3.21. The van der Waals surface area contributed by atoms with Crippen molar-refractivity contribution in [3.8, 4) is 0 Å². The lowest BCUT2D eigenvalue weighted by Gasteiger charge is -2.11. The van der Waals surface area contributed by atoms with Gasteiger partial charge in [-0.05, 0) is 19.8 Å². The zero-order valence-electron chi connectivity index (χ0n) is 8.86. The molecule has 0 aromatic carbocycles. The maximum absolute atomic E-state index is 11.7. The van der Waals surface area contributed by atoms with Gasteiger partial charge in [0.25, 0.3) is 0 Å². The third kappa shape index (κ3) is 2.13. The molecule has 84 valence electrons. The molecule has 2 aliphatic rings. The van der Waals surface area contributed by atoms with Gasteiger partial charge in [0.15, 0.2) is 5.04 Å². The Morgan fingerprint density at radius 1 is 1.47 bits per heavy atom. The summed E-state index contributed by atoms with van der Waals surface area (Å²) >= 11 is 0. The van der Waals surface area contributed by atoms with E-state index in [1.165, 1.54) is 19.0 Å². The predicted octanol–water partition coefficient (Wildman–Crippen LogP) is 1.21. The molecule has 15 heavy (non-hydrogen) atoms. The summed E-state index contributed by atoms with van der Waals surface area (Å²) < 4.78 is 23.3. The number of allylic oxidation sites excluding steroid dienone is 1. The Hall–Kier alpha value is -0.680. The smallest absolute Gasteiger partial charge is 0.218 e. The van der Waals surface area contributed by atoms with E-state index in [1.54, 1.807) is 6.92 Å². The van der Waals surface area contributed by atoms with E-state index >= 15 is 0 Å². The molecule has 1 fully saturated rings. The average Bonchev–Trinajstić information content (AvgIpc) is 2.76. The molecule has 1 saturated carbocycles. The molecule has 1 heterocycles. The van der Waals surface area contributed by atoms with Crippen molar-refractivity contribution in [2.45, 2.75) is 38.6 Å². The number of rotatable bonds is 3. The van der Waals surface area contributed by atoms with Gasteiger partial charge in [-0.25, -0.2) is 13.4 Å². The number of aliphatic imine (C=N–C) groups is 1. The van der Waals surface area contributed by atoms with Crippen molar-refractivity contribution in [1.29, 1.82) is 0 Å². The van der Waals surface area contributed by atoms with Gasteiger partial charge in [0, 0.05) is 18.8 Å². The monoisotopic (exact) mass is 228 g/mol. The van der Waals surface area contributed by atoms with E-state index in [2.05, 4.69) is 10.3 Å². The second kappa shape index (κ2) is 4.06. The van der Waals surface area contributed by atoms with E-state index in [0.717, 1.165) is 12.8 Å². The normalized spacial score (nSPS) is 25.4. The third-order valence-corrected chi connectivity index (χ3v) is 4.84. The van der Waals surface area contributed by atoms with E-state index in [9.17, 15) is 8.42 Å². The van der Waals surface area contributed by atoms with Crippen LogP contribution >= 0.6 is 0 Å². The number of nitrogens with zero attached hydrogens (tertiary/aromatic N) is 1. The standard InChI is InChI=1S/C10H16N2O2S/c1-8-6-12-10(15(8,13)14)7-11-9-4-2-3-5-9/h6,9,11H,2-5,7H2,1H3. The van der Waals surface area contributed by atoms with E-state index in [0.29, 0.717) is 17.5 Å². The molecule has 0 aromatic rings. The lowest BCUT2D eigenvalue weighted by molar-refractivity contribution is 0.563. The Balaban J connectivity index is 1.92. The first-order valence-corrected chi connectivity index (χ1v) is 6.81. The van der Waals surface area contributed by atoms with Crippen LogP contribution in [0.25, 0.3) is 0 Å². The van der Waals surface area contributed by atoms with Crippen LogP contribution in [0.5, 0.6) is 0 Å². The molecule has 2 rings (SSSR count). The topological polar surface area (TPSA) is 58.5 Å². The number of hydrogen-bond donors (Lipinski definition) is 1. The zero-order chi connectivity index (χ0) is 10.9. The molecule has 0 aromatic heterocycles. The van der Waals surface area contributed by atoms with E-state index in [4.69, 9.17) is 0 Å². The molecule has 0 atom stereocenters. The molecule has 0 radical (unpaired) electrons. The minimum atomic E-state index is -3.21. The Morgan fingerprint density at radius 2 is 2.13 bits per heavy atom. The highest BCUT2D eigenvalue weighted by molar-refractivity contribution is 8.10. The summed E-state index contributed by atoms with van der Waals surface area (Å²) in [5.41, 5.74) is 0. The minimum Gasteiger partial charge on any atom is -0.308 e. The van der Waals surface area contributed by atoms with Crippen LogP contribution in [0.15, 0.2) is 16.1 Å². The molecular formula is C10H16N2O2S. The minimum absolute atomic E-state index is 0.270. The first-order chi connectivity index (χ1) is 7.10. The van der Waals surface area contributed by atoms with Gasteiger partial charge in [0.05, 0.1) is 4.91 Å². The van der Waals surface area contributed by atoms with Gasteiger partial charge >= 0.3 is 0 Å². The van der Waals surface area contributed by atoms with Gasteiger partial charge < -0.3 is 5.32 Å². The fourth-order valence-corrected chi connectivity index (χ4v) is 3.02. The van der Waals surface area contributed by atoms with Crippen LogP contribution in [-0.4, -0.2) is 26.0 Å². The van der Waals surface area contributed by atoms with Gasteiger partial charge in [-0.3, -0.25) is 0 Å². The van der Waals surface area contributed by atoms with Crippen molar-refractivity contribution in [3.05, 3.63) is 11.1 Å². The van der Waals surface area contributed by atoms with Crippen LogP contribution in [0.1, 0.15) is 32.6 Å². The van der Waals surface area contributed by atoms with E-state index in [1.807, 2.05) is 0 Å². The van der Waals surface area contributed by atoms with Gasteiger partial charge in [-0.15, -0.1) is 0 Å². The Labute approximate surface area is 90.4 Å². The fraction of sp³-hybridized carbons (Fsp3) is 0.700. The molecule has 0 spiro atoms. The van der Waals surface area contributed by atoms with Crippen LogP contribution in [0.3, 0.4) is 0 Å². The van der Waals surface area contributed by atoms with Gasteiger partial charge in [-0.2, -0.15) is 0 Å². The van der Waals surface area contributed by atoms with Crippen LogP contribution in [-0.2, 0) is 9.84 Å². The summed E-state index contributed by atoms with van der Waals surface area (Å²) in [6.07, 6.45) is 6.23. The summed E-state index contributed by atoms with van der Waals surface area (Å²) in [5, 5.41) is 3.53. The number of hydrogen-bond acceptors (Lipinski definition) is 4. The van der Waals surface area contributed by atoms with Crippen molar-refractivity contribution < 1.29 is 8.42 Å². The average molecular weight is 228 g/mol. The zero-order valence-corrected chi connectivity index (χ0v) is 9.68. The molecule has 1 aliphatic heterocycles. The highest BCUT2D eigenvalue weighted by Crippen LogP contribution is 2.19. The molecule has 1 aliphatic carbocycles. The predicted molar refractivity (Wildman–Crippen MR) is 60.4 cm³/mol. The maximum Gasteiger partial charge on any atom is 0.218 e. The second-order valence-corrected chi connectivity index (χ2v) is 6.25. The van der Waals surface area contributed by atoms with Crippen molar-refractivity contribution in [1.82, 2.24) is 5.32 Å². The van der Waals surface area contributed by atoms with Crippen molar-refractivity contribution >= 4 is 14.9 Å². The maximum atomic E-state index is 11.7. The highest BCUT2D eigenvalue weighted by atomic mass is 32.2. The molecule has 4 nitrogen and oxygen atoms in total. The van der Waals surface area contributed by atoms with Gasteiger partial charge in [0.2, 0.25) is 9.84 Å². The third-order valence-electron chi connectivity index (χ3n) is 3.02. The van der Waals surface area contributed by atoms with Crippen molar-refractivity contribution in [2.24, 2.45) is 4.99 Å². The van der Waals surface area contributed by atoms with Crippen molar-refractivity contribution in [2.75, 3.05) is 6.54 Å². The molecule has 0 amide bonds. The SMILES string of the molecule is CC1=CN=C(CNC2CCCC2)S1(=O)=O. The molecule has 0 saturated heterocycles. The van der Waals surface area contributed by atoms with E-state index in [-0.39, 0.29) is 5.04 Å². The lowest BCUT2D eigenvalue weighted by atomic mass is 10.2. The summed E-state index contributed by atoms with van der Waals surface area (Å²) in [4.78, 5) is 4.29. The van der Waals surface area contributed by atoms with Crippen molar-refractivity contribution in [3.63, 3.8) is 0 Å². The highest BCUT2D eigenvalue weighted by Gasteiger charge is 2.27. The summed E-state index contributed by atoms with van der Waals surface area (Å²) in [6, 6.07) is 0.476. The van der Waals surface area contributed by atoms with Crippen LogP contribution in [0.4, 0.5) is 0 Å². The summed E-state index contributed by atoms with van der Waals surface area (Å²) in [6.45, 7) is 1.96. The number of nitrogens with one attached hydrogen (secondary N) is 1. The fourth-order valence-electron chi connectivity index (χ4n) is 1.99. The molecule has 1 N–H and O–H groups in total. The molecule has 0 unspecified atom stereocenters. The Morgan fingerprint density at radius 3 is 2.67 bits per heavy atom. The first kappa shape index (κ1) is 10.8. The first-order valence-electron chi connectivity index (χ1n) is 5.32.